The molecule has 0 aromatic heterocycles. The molecule has 0 radical (unpaired) electrons. The summed E-state index contributed by atoms with van der Waals surface area (Å²) >= 11 is 0. The van der Waals surface area contributed by atoms with E-state index in [9.17, 15) is 0 Å². The van der Waals surface area contributed by atoms with Crippen molar-refractivity contribution in [3.05, 3.63) is 0 Å². The van der Waals surface area contributed by atoms with E-state index >= 15 is 0 Å². The van der Waals surface area contributed by atoms with Gasteiger partial charge >= 0.3 is 8.56 Å². The third-order valence-corrected chi connectivity index (χ3v) is 6.23. The standard InChI is InChI=1S/C14H29NO2Si/c1-12(2)11-13(3)15-8-6-10-18(5)16-9-7-14(4)17-18/h12,14H,6-11H2,1-5H3. The molecule has 2 atom stereocenters. The van der Waals surface area contributed by atoms with E-state index in [0.29, 0.717) is 12.0 Å². The highest BCUT2D eigenvalue weighted by atomic mass is 28.4. The van der Waals surface area contributed by atoms with Gasteiger partial charge in [0.25, 0.3) is 0 Å². The Morgan fingerprint density at radius 3 is 2.78 bits per heavy atom. The third kappa shape index (κ3) is 6.11. The molecule has 0 saturated carbocycles. The number of rotatable bonds is 6. The lowest BCUT2D eigenvalue weighted by Crippen LogP contribution is -2.46. The molecule has 0 aliphatic carbocycles. The quantitative estimate of drug-likeness (QED) is 0.418. The van der Waals surface area contributed by atoms with Gasteiger partial charge in [-0.1, -0.05) is 13.8 Å². The van der Waals surface area contributed by atoms with Gasteiger partial charge in [-0.3, -0.25) is 4.99 Å². The first-order valence-corrected chi connectivity index (χ1v) is 9.75. The van der Waals surface area contributed by atoms with Crippen LogP contribution in [0, 0.1) is 5.92 Å². The molecule has 0 amide bonds. The molecular weight excluding hydrogens is 242 g/mol. The predicted molar refractivity (Wildman–Crippen MR) is 79.6 cm³/mol. The first-order valence-electron chi connectivity index (χ1n) is 7.23. The Kier molecular flexibility index (Phi) is 6.53. The maximum absolute atomic E-state index is 6.01. The van der Waals surface area contributed by atoms with Crippen molar-refractivity contribution >= 4 is 14.3 Å². The summed E-state index contributed by atoms with van der Waals surface area (Å²) in [5.41, 5.74) is 1.27. The summed E-state index contributed by atoms with van der Waals surface area (Å²) in [5.74, 6) is 0.700. The Labute approximate surface area is 113 Å². The molecule has 1 heterocycles. The zero-order valence-corrected chi connectivity index (χ0v) is 13.7. The van der Waals surface area contributed by atoms with Crippen molar-refractivity contribution < 1.29 is 8.85 Å². The molecule has 18 heavy (non-hydrogen) atoms. The SMILES string of the molecule is CC(CC(C)C)=NCCC[Si]1(C)OCCC(C)O1. The summed E-state index contributed by atoms with van der Waals surface area (Å²) in [6.07, 6.45) is 3.61. The minimum absolute atomic E-state index is 0.376. The maximum atomic E-state index is 6.01. The van der Waals surface area contributed by atoms with E-state index in [-0.39, 0.29) is 0 Å². The van der Waals surface area contributed by atoms with Crippen LogP contribution >= 0.6 is 0 Å². The number of nitrogens with zero attached hydrogens (tertiary/aromatic N) is 1. The first kappa shape index (κ1) is 15.9. The molecule has 0 bridgehead atoms. The number of hydrogen-bond donors (Lipinski definition) is 0. The molecule has 1 fully saturated rings. The van der Waals surface area contributed by atoms with Crippen molar-refractivity contribution in [1.29, 1.82) is 0 Å². The molecule has 4 heteroatoms. The average molecular weight is 271 g/mol. The molecule has 1 aliphatic heterocycles. The highest BCUT2D eigenvalue weighted by Gasteiger charge is 2.35. The van der Waals surface area contributed by atoms with Gasteiger partial charge in [-0.2, -0.15) is 0 Å². The lowest BCUT2D eigenvalue weighted by Gasteiger charge is -2.35. The second-order valence-corrected chi connectivity index (χ2v) is 9.31. The van der Waals surface area contributed by atoms with Gasteiger partial charge in [-0.25, -0.2) is 0 Å². The van der Waals surface area contributed by atoms with E-state index in [4.69, 9.17) is 8.85 Å². The smallest absolute Gasteiger partial charge is 0.335 e. The fourth-order valence-corrected chi connectivity index (χ4v) is 5.07. The van der Waals surface area contributed by atoms with Crippen LogP contribution in [0.1, 0.15) is 47.0 Å². The third-order valence-electron chi connectivity index (χ3n) is 3.26. The second kappa shape index (κ2) is 7.41. The van der Waals surface area contributed by atoms with Crippen LogP contribution in [0.25, 0.3) is 0 Å². The van der Waals surface area contributed by atoms with Gasteiger partial charge in [0.05, 0.1) is 0 Å². The van der Waals surface area contributed by atoms with Crippen molar-refractivity contribution in [2.75, 3.05) is 13.2 Å². The van der Waals surface area contributed by atoms with Gasteiger partial charge in [0.1, 0.15) is 0 Å². The van der Waals surface area contributed by atoms with Crippen LogP contribution in [0.5, 0.6) is 0 Å². The maximum Gasteiger partial charge on any atom is 0.335 e. The second-order valence-electron chi connectivity index (χ2n) is 6.02. The Hall–Kier alpha value is -0.193. The van der Waals surface area contributed by atoms with Gasteiger partial charge in [0, 0.05) is 25.0 Å². The monoisotopic (exact) mass is 271 g/mol. The first-order chi connectivity index (χ1) is 8.41. The van der Waals surface area contributed by atoms with Gasteiger partial charge < -0.3 is 8.85 Å². The van der Waals surface area contributed by atoms with Crippen molar-refractivity contribution in [2.24, 2.45) is 10.9 Å². The van der Waals surface area contributed by atoms with Crippen LogP contribution in [0.4, 0.5) is 0 Å². The molecular formula is C14H29NO2Si. The molecule has 2 unspecified atom stereocenters. The van der Waals surface area contributed by atoms with Gasteiger partial charge in [-0.15, -0.1) is 0 Å². The summed E-state index contributed by atoms with van der Waals surface area (Å²) in [4.78, 5) is 4.63. The van der Waals surface area contributed by atoms with Crippen LogP contribution in [0.3, 0.4) is 0 Å². The van der Waals surface area contributed by atoms with Crippen LogP contribution in [-0.2, 0) is 8.85 Å². The van der Waals surface area contributed by atoms with Crippen molar-refractivity contribution in [2.45, 2.75) is 65.7 Å². The summed E-state index contributed by atoms with van der Waals surface area (Å²) in [5, 5.41) is 0. The fraction of sp³-hybridized carbons (Fsp3) is 0.929. The predicted octanol–water partition coefficient (Wildman–Crippen LogP) is 3.78. The van der Waals surface area contributed by atoms with Gasteiger partial charge in [0.15, 0.2) is 0 Å². The average Bonchev–Trinajstić information content (AvgIpc) is 2.23. The van der Waals surface area contributed by atoms with Crippen molar-refractivity contribution in [3.63, 3.8) is 0 Å². The highest BCUT2D eigenvalue weighted by molar-refractivity contribution is 6.66. The fourth-order valence-electron chi connectivity index (χ4n) is 2.42. The number of aliphatic imine (C=N–C) groups is 1. The number of hydrogen-bond acceptors (Lipinski definition) is 3. The van der Waals surface area contributed by atoms with Crippen molar-refractivity contribution in [3.8, 4) is 0 Å². The molecule has 0 aromatic rings. The van der Waals surface area contributed by atoms with E-state index < -0.39 is 8.56 Å². The summed E-state index contributed by atoms with van der Waals surface area (Å²) in [6.45, 7) is 12.7. The molecule has 0 spiro atoms. The Bertz CT molecular complexity index is 281. The highest BCUT2D eigenvalue weighted by Crippen LogP contribution is 2.23. The lowest BCUT2D eigenvalue weighted by atomic mass is 10.1. The zero-order chi connectivity index (χ0) is 13.6. The molecule has 1 saturated heterocycles. The topological polar surface area (TPSA) is 30.8 Å². The molecule has 1 aliphatic rings. The Morgan fingerprint density at radius 1 is 1.44 bits per heavy atom. The van der Waals surface area contributed by atoms with Crippen LogP contribution < -0.4 is 0 Å². The van der Waals surface area contributed by atoms with E-state index in [1.165, 1.54) is 5.71 Å². The van der Waals surface area contributed by atoms with Gasteiger partial charge in [0.2, 0.25) is 0 Å². The van der Waals surface area contributed by atoms with E-state index in [1.54, 1.807) is 0 Å². The van der Waals surface area contributed by atoms with Crippen LogP contribution in [0.2, 0.25) is 12.6 Å². The summed E-state index contributed by atoms with van der Waals surface area (Å²) in [7, 11) is -1.87. The molecule has 1 rings (SSSR count). The summed E-state index contributed by atoms with van der Waals surface area (Å²) in [6, 6.07) is 1.07. The van der Waals surface area contributed by atoms with Crippen LogP contribution in [-0.4, -0.2) is 33.5 Å². The molecule has 106 valence electrons. The Morgan fingerprint density at radius 2 is 2.17 bits per heavy atom. The van der Waals surface area contributed by atoms with Crippen LogP contribution in [0.15, 0.2) is 4.99 Å². The van der Waals surface area contributed by atoms with E-state index in [2.05, 4.69) is 39.2 Å². The minimum atomic E-state index is -1.87. The zero-order valence-electron chi connectivity index (χ0n) is 12.7. The van der Waals surface area contributed by atoms with Gasteiger partial charge in [-0.05, 0) is 51.6 Å². The van der Waals surface area contributed by atoms with E-state index in [0.717, 1.165) is 38.5 Å². The Balaban J connectivity index is 2.24. The molecule has 0 N–H and O–H groups in total. The van der Waals surface area contributed by atoms with E-state index in [1.807, 2.05) is 0 Å². The lowest BCUT2D eigenvalue weighted by molar-refractivity contribution is 0.0601. The normalized spacial score (nSPS) is 29.9. The van der Waals surface area contributed by atoms with Crippen molar-refractivity contribution in [1.82, 2.24) is 0 Å². The molecule has 3 nitrogen and oxygen atoms in total. The molecule has 0 aromatic carbocycles. The minimum Gasteiger partial charge on any atom is -0.394 e. The largest absolute Gasteiger partial charge is 0.394 e. The summed E-state index contributed by atoms with van der Waals surface area (Å²) < 4.78 is 11.9.